The maximum atomic E-state index is 12.1. The van der Waals surface area contributed by atoms with Crippen LogP contribution in [-0.4, -0.2) is 23.2 Å². The molecule has 1 aromatic heterocycles. The van der Waals surface area contributed by atoms with Crippen LogP contribution in [0.1, 0.15) is 21.6 Å². The minimum atomic E-state index is -0.166. The van der Waals surface area contributed by atoms with Crippen LogP contribution in [0.3, 0.4) is 0 Å². The Kier molecular flexibility index (Phi) is 3.11. The number of benzene rings is 1. The first-order valence-corrected chi connectivity index (χ1v) is 5.41. The first-order valence-electron chi connectivity index (χ1n) is 5.41. The van der Waals surface area contributed by atoms with E-state index in [4.69, 9.17) is 5.26 Å². The molecule has 0 spiro atoms. The van der Waals surface area contributed by atoms with Gasteiger partial charge in [-0.15, -0.1) is 0 Å². The minimum absolute atomic E-state index is 0.166. The van der Waals surface area contributed by atoms with Gasteiger partial charge in [0, 0.05) is 18.9 Å². The highest BCUT2D eigenvalue weighted by Crippen LogP contribution is 2.21. The molecule has 0 bridgehead atoms. The van der Waals surface area contributed by atoms with Crippen LogP contribution < -0.4 is 4.90 Å². The number of carbonyl (C=O) groups is 1. The first kappa shape index (κ1) is 11.9. The van der Waals surface area contributed by atoms with E-state index in [-0.39, 0.29) is 5.91 Å². The average Bonchev–Trinajstić information content (AvgIpc) is 2.90. The summed E-state index contributed by atoms with van der Waals surface area (Å²) in [5, 5.41) is 15.2. The van der Waals surface area contributed by atoms with Crippen molar-refractivity contribution in [3.8, 4) is 6.07 Å². The van der Waals surface area contributed by atoms with E-state index < -0.39 is 0 Å². The van der Waals surface area contributed by atoms with Gasteiger partial charge < -0.3 is 4.90 Å². The number of hydrogen-bond acceptors (Lipinski definition) is 3. The minimum Gasteiger partial charge on any atom is -0.310 e. The van der Waals surface area contributed by atoms with E-state index in [0.29, 0.717) is 11.3 Å². The van der Waals surface area contributed by atoms with Crippen LogP contribution in [0.2, 0.25) is 0 Å². The van der Waals surface area contributed by atoms with Crippen molar-refractivity contribution >= 4 is 11.6 Å². The summed E-state index contributed by atoms with van der Waals surface area (Å²) in [6.45, 7) is 1.87. The number of hydrogen-bond donors (Lipinski definition) is 1. The monoisotopic (exact) mass is 240 g/mol. The van der Waals surface area contributed by atoms with Gasteiger partial charge in [-0.3, -0.25) is 9.89 Å². The van der Waals surface area contributed by atoms with Crippen LogP contribution >= 0.6 is 0 Å². The molecule has 5 heteroatoms. The number of carbonyl (C=O) groups excluding carboxylic acids is 1. The Morgan fingerprint density at radius 3 is 2.78 bits per heavy atom. The molecule has 1 heterocycles. The number of aryl methyl sites for hydroxylation is 1. The molecular formula is C13H12N4O. The number of amides is 1. The van der Waals surface area contributed by atoms with Gasteiger partial charge in [-0.1, -0.05) is 0 Å². The van der Waals surface area contributed by atoms with E-state index in [9.17, 15) is 4.79 Å². The Bertz CT molecular complexity index is 610. The summed E-state index contributed by atoms with van der Waals surface area (Å²) in [5.41, 5.74) is 2.66. The van der Waals surface area contributed by atoms with Gasteiger partial charge in [-0.25, -0.2) is 0 Å². The summed E-state index contributed by atoms with van der Waals surface area (Å²) < 4.78 is 0. The standard InChI is InChI=1S/C13H12N4O/c1-9-7-10(8-14)3-4-12(9)17(2)13(18)11-5-6-15-16-11/h3-7H,1-2H3,(H,15,16). The van der Waals surface area contributed by atoms with Crippen molar-refractivity contribution in [1.29, 1.82) is 5.26 Å². The van der Waals surface area contributed by atoms with Crippen molar-refractivity contribution in [3.05, 3.63) is 47.3 Å². The van der Waals surface area contributed by atoms with Crippen LogP contribution in [0.5, 0.6) is 0 Å². The fraction of sp³-hybridized carbons (Fsp3) is 0.154. The molecule has 1 aromatic carbocycles. The molecule has 0 saturated heterocycles. The van der Waals surface area contributed by atoms with Gasteiger partial charge in [-0.2, -0.15) is 10.4 Å². The number of H-pyrrole nitrogens is 1. The van der Waals surface area contributed by atoms with Crippen LogP contribution in [0, 0.1) is 18.3 Å². The lowest BCUT2D eigenvalue weighted by molar-refractivity contribution is 0.0988. The van der Waals surface area contributed by atoms with Gasteiger partial charge in [0.25, 0.3) is 5.91 Å². The Balaban J connectivity index is 2.32. The van der Waals surface area contributed by atoms with Gasteiger partial charge >= 0.3 is 0 Å². The van der Waals surface area contributed by atoms with E-state index >= 15 is 0 Å². The molecule has 0 atom stereocenters. The van der Waals surface area contributed by atoms with E-state index in [1.807, 2.05) is 6.92 Å². The summed E-state index contributed by atoms with van der Waals surface area (Å²) in [4.78, 5) is 13.6. The molecule has 2 aromatic rings. The predicted molar refractivity (Wildman–Crippen MR) is 67.2 cm³/mol. The molecule has 1 N–H and O–H groups in total. The molecule has 90 valence electrons. The molecular weight excluding hydrogens is 228 g/mol. The van der Waals surface area contributed by atoms with Crippen LogP contribution in [0.4, 0.5) is 5.69 Å². The number of anilines is 1. The van der Waals surface area contributed by atoms with Crippen molar-refractivity contribution < 1.29 is 4.79 Å². The van der Waals surface area contributed by atoms with Crippen molar-refractivity contribution in [2.45, 2.75) is 6.92 Å². The second-order valence-corrected chi connectivity index (χ2v) is 3.95. The van der Waals surface area contributed by atoms with Gasteiger partial charge in [0.15, 0.2) is 0 Å². The molecule has 0 aliphatic heterocycles. The predicted octanol–water partition coefficient (Wildman–Crippen LogP) is 1.87. The molecule has 1 amide bonds. The summed E-state index contributed by atoms with van der Waals surface area (Å²) in [6, 6.07) is 8.91. The maximum absolute atomic E-state index is 12.1. The number of aromatic nitrogens is 2. The highest BCUT2D eigenvalue weighted by Gasteiger charge is 2.16. The molecule has 0 unspecified atom stereocenters. The fourth-order valence-electron chi connectivity index (χ4n) is 1.77. The number of nitriles is 1. The first-order chi connectivity index (χ1) is 8.63. The van der Waals surface area contributed by atoms with Crippen molar-refractivity contribution in [1.82, 2.24) is 10.2 Å². The zero-order chi connectivity index (χ0) is 13.1. The van der Waals surface area contributed by atoms with Gasteiger partial charge in [0.05, 0.1) is 11.6 Å². The third-order valence-corrected chi connectivity index (χ3v) is 2.72. The third kappa shape index (κ3) is 2.09. The summed E-state index contributed by atoms with van der Waals surface area (Å²) >= 11 is 0. The van der Waals surface area contributed by atoms with Gasteiger partial charge in [0.1, 0.15) is 5.69 Å². The number of nitrogens with zero attached hydrogens (tertiary/aromatic N) is 3. The van der Waals surface area contributed by atoms with E-state index in [2.05, 4.69) is 16.3 Å². The topological polar surface area (TPSA) is 72.8 Å². The van der Waals surface area contributed by atoms with E-state index in [1.54, 1.807) is 31.3 Å². The number of rotatable bonds is 2. The lowest BCUT2D eigenvalue weighted by atomic mass is 10.1. The molecule has 0 saturated carbocycles. The maximum Gasteiger partial charge on any atom is 0.276 e. The zero-order valence-electron chi connectivity index (χ0n) is 10.1. The van der Waals surface area contributed by atoms with Crippen molar-refractivity contribution in [2.24, 2.45) is 0 Å². The van der Waals surface area contributed by atoms with Crippen LogP contribution in [-0.2, 0) is 0 Å². The SMILES string of the molecule is Cc1cc(C#N)ccc1N(C)C(=O)c1ccn[nH]1. The number of nitrogens with one attached hydrogen (secondary N) is 1. The Hall–Kier alpha value is -2.61. The molecule has 0 fully saturated rings. The average molecular weight is 240 g/mol. The highest BCUT2D eigenvalue weighted by molar-refractivity contribution is 6.04. The normalized spacial score (nSPS) is 9.83. The lowest BCUT2D eigenvalue weighted by Gasteiger charge is -2.18. The quantitative estimate of drug-likeness (QED) is 0.870. The Morgan fingerprint density at radius 2 is 2.22 bits per heavy atom. The van der Waals surface area contributed by atoms with E-state index in [1.165, 1.54) is 11.1 Å². The Morgan fingerprint density at radius 1 is 1.44 bits per heavy atom. The molecule has 0 aliphatic carbocycles. The molecule has 2 rings (SSSR count). The van der Waals surface area contributed by atoms with Gasteiger partial charge in [-0.05, 0) is 36.8 Å². The number of aromatic amines is 1. The van der Waals surface area contributed by atoms with Crippen LogP contribution in [0.25, 0.3) is 0 Å². The summed E-state index contributed by atoms with van der Waals surface area (Å²) in [7, 11) is 1.69. The Labute approximate surface area is 105 Å². The summed E-state index contributed by atoms with van der Waals surface area (Å²) in [5.74, 6) is -0.166. The second kappa shape index (κ2) is 4.72. The highest BCUT2D eigenvalue weighted by atomic mass is 16.2. The van der Waals surface area contributed by atoms with Crippen LogP contribution in [0.15, 0.2) is 30.5 Å². The zero-order valence-corrected chi connectivity index (χ0v) is 10.1. The molecule has 5 nitrogen and oxygen atoms in total. The lowest BCUT2D eigenvalue weighted by Crippen LogP contribution is -2.27. The fourth-order valence-corrected chi connectivity index (χ4v) is 1.77. The van der Waals surface area contributed by atoms with E-state index in [0.717, 1.165) is 11.3 Å². The third-order valence-electron chi connectivity index (χ3n) is 2.72. The second-order valence-electron chi connectivity index (χ2n) is 3.95. The van der Waals surface area contributed by atoms with Gasteiger partial charge in [0.2, 0.25) is 0 Å². The smallest absolute Gasteiger partial charge is 0.276 e. The van der Waals surface area contributed by atoms with Crippen molar-refractivity contribution in [2.75, 3.05) is 11.9 Å². The van der Waals surface area contributed by atoms with Crippen molar-refractivity contribution in [3.63, 3.8) is 0 Å². The molecule has 0 aliphatic rings. The molecule has 18 heavy (non-hydrogen) atoms. The summed E-state index contributed by atoms with van der Waals surface area (Å²) in [6.07, 6.45) is 1.53. The largest absolute Gasteiger partial charge is 0.310 e. The molecule has 0 radical (unpaired) electrons.